The molecule has 0 amide bonds. The van der Waals surface area contributed by atoms with Gasteiger partial charge in [-0.3, -0.25) is 4.79 Å². The van der Waals surface area contributed by atoms with E-state index in [0.29, 0.717) is 11.5 Å². The third kappa shape index (κ3) is 5.95. The Morgan fingerprint density at radius 1 is 1.17 bits per heavy atom. The Labute approximate surface area is 170 Å². The molecule has 0 fully saturated rings. The molecule has 8 heteroatoms. The second kappa shape index (κ2) is 9.28. The minimum absolute atomic E-state index is 0.186. The molecule has 0 saturated carbocycles. The maximum atomic E-state index is 12.7. The van der Waals surface area contributed by atoms with E-state index in [4.69, 9.17) is 24.1 Å². The van der Waals surface area contributed by atoms with Crippen molar-refractivity contribution in [2.75, 3.05) is 26.6 Å². The summed E-state index contributed by atoms with van der Waals surface area (Å²) in [6, 6.07) is 5.49. The maximum absolute atomic E-state index is 12.7. The standard InChI is InChI=1S/C21H28O8/c1-20(2,3)17(8-6-14-5-7-15-16(9-14)28-13-27-15)29-19(25)21(4,11-23)12-26-18(24)10-22/h5-9,17,22-23H,10-13H2,1-4H3. The van der Waals surface area contributed by atoms with Gasteiger partial charge in [-0.25, -0.2) is 4.79 Å². The molecule has 1 aromatic rings. The summed E-state index contributed by atoms with van der Waals surface area (Å²) in [5.41, 5.74) is -1.02. The molecular weight excluding hydrogens is 380 g/mol. The molecule has 0 spiro atoms. The number of carbonyl (C=O) groups excluding carboxylic acids is 2. The van der Waals surface area contributed by atoms with Crippen LogP contribution in [0.1, 0.15) is 33.3 Å². The summed E-state index contributed by atoms with van der Waals surface area (Å²) in [6.45, 7) is 5.58. The number of aliphatic hydroxyl groups is 2. The molecule has 8 nitrogen and oxygen atoms in total. The van der Waals surface area contributed by atoms with Gasteiger partial charge in [0.25, 0.3) is 0 Å². The number of aliphatic hydroxyl groups excluding tert-OH is 2. The second-order valence-corrected chi connectivity index (χ2v) is 8.20. The number of hydrogen-bond acceptors (Lipinski definition) is 8. The summed E-state index contributed by atoms with van der Waals surface area (Å²) >= 11 is 0. The summed E-state index contributed by atoms with van der Waals surface area (Å²) < 4.78 is 21.1. The molecule has 1 aliphatic heterocycles. The van der Waals surface area contributed by atoms with Crippen molar-refractivity contribution in [3.8, 4) is 11.5 Å². The zero-order valence-corrected chi connectivity index (χ0v) is 17.1. The normalized spacial score (nSPS) is 16.3. The molecule has 2 unspecified atom stereocenters. The Kier molecular flexibility index (Phi) is 7.26. The Bertz CT molecular complexity index is 764. The fourth-order valence-corrected chi connectivity index (χ4v) is 2.43. The lowest BCUT2D eigenvalue weighted by Crippen LogP contribution is -2.42. The predicted molar refractivity (Wildman–Crippen MR) is 104 cm³/mol. The first-order valence-electron chi connectivity index (χ1n) is 9.25. The van der Waals surface area contributed by atoms with Gasteiger partial charge < -0.3 is 29.2 Å². The molecule has 2 atom stereocenters. The van der Waals surface area contributed by atoms with Crippen LogP contribution < -0.4 is 9.47 Å². The summed E-state index contributed by atoms with van der Waals surface area (Å²) in [4.78, 5) is 23.9. The van der Waals surface area contributed by atoms with E-state index in [1.807, 2.05) is 39.0 Å². The Hall–Kier alpha value is -2.58. The van der Waals surface area contributed by atoms with E-state index in [0.717, 1.165) is 5.56 Å². The lowest BCUT2D eigenvalue weighted by molar-refractivity contribution is -0.172. The fourth-order valence-electron chi connectivity index (χ4n) is 2.43. The van der Waals surface area contributed by atoms with Crippen LogP contribution in [0.2, 0.25) is 0 Å². The van der Waals surface area contributed by atoms with Gasteiger partial charge in [0, 0.05) is 5.41 Å². The van der Waals surface area contributed by atoms with Gasteiger partial charge in [0.2, 0.25) is 6.79 Å². The first-order chi connectivity index (χ1) is 13.6. The van der Waals surface area contributed by atoms with E-state index in [9.17, 15) is 14.7 Å². The number of benzene rings is 1. The highest BCUT2D eigenvalue weighted by Crippen LogP contribution is 2.33. The zero-order valence-electron chi connectivity index (χ0n) is 17.1. The van der Waals surface area contributed by atoms with Crippen LogP contribution >= 0.6 is 0 Å². The minimum Gasteiger partial charge on any atom is -0.463 e. The van der Waals surface area contributed by atoms with Gasteiger partial charge in [0.1, 0.15) is 24.7 Å². The van der Waals surface area contributed by atoms with E-state index in [1.54, 1.807) is 12.1 Å². The molecule has 2 rings (SSSR count). The van der Waals surface area contributed by atoms with Crippen molar-refractivity contribution >= 4 is 18.0 Å². The van der Waals surface area contributed by atoms with E-state index in [2.05, 4.69) is 0 Å². The van der Waals surface area contributed by atoms with Crippen molar-refractivity contribution < 1.29 is 38.7 Å². The Morgan fingerprint density at radius 2 is 1.86 bits per heavy atom. The molecule has 0 saturated heterocycles. The third-order valence-electron chi connectivity index (χ3n) is 4.47. The Balaban J connectivity index is 2.13. The topological polar surface area (TPSA) is 112 Å². The number of carbonyl (C=O) groups is 2. The highest BCUT2D eigenvalue weighted by molar-refractivity contribution is 5.78. The summed E-state index contributed by atoms with van der Waals surface area (Å²) in [5.74, 6) is -0.263. The molecule has 0 radical (unpaired) electrons. The number of rotatable bonds is 8. The average Bonchev–Trinajstić information content (AvgIpc) is 3.15. The van der Waals surface area contributed by atoms with Gasteiger partial charge in [-0.2, -0.15) is 0 Å². The average molecular weight is 408 g/mol. The van der Waals surface area contributed by atoms with Crippen molar-refractivity contribution in [3.05, 3.63) is 29.8 Å². The van der Waals surface area contributed by atoms with Crippen molar-refractivity contribution in [1.29, 1.82) is 0 Å². The number of esters is 2. The number of ether oxygens (including phenoxy) is 4. The van der Waals surface area contributed by atoms with Gasteiger partial charge in [0.05, 0.1) is 6.61 Å². The van der Waals surface area contributed by atoms with E-state index >= 15 is 0 Å². The van der Waals surface area contributed by atoms with Gasteiger partial charge in [-0.05, 0) is 30.7 Å². The van der Waals surface area contributed by atoms with Crippen molar-refractivity contribution in [3.63, 3.8) is 0 Å². The first kappa shape index (κ1) is 22.7. The van der Waals surface area contributed by atoms with Crippen molar-refractivity contribution in [2.24, 2.45) is 10.8 Å². The van der Waals surface area contributed by atoms with E-state index in [1.165, 1.54) is 6.92 Å². The van der Waals surface area contributed by atoms with Crippen LogP contribution in [0.5, 0.6) is 11.5 Å². The fraction of sp³-hybridized carbons (Fsp3) is 0.524. The molecule has 2 N–H and O–H groups in total. The molecular formula is C21H28O8. The van der Waals surface area contributed by atoms with Crippen molar-refractivity contribution in [2.45, 2.75) is 33.8 Å². The van der Waals surface area contributed by atoms with Gasteiger partial charge in [-0.1, -0.05) is 32.9 Å². The molecule has 0 bridgehead atoms. The second-order valence-electron chi connectivity index (χ2n) is 8.20. The van der Waals surface area contributed by atoms with Crippen LogP contribution in [0.3, 0.4) is 0 Å². The minimum atomic E-state index is -1.44. The molecule has 1 heterocycles. The van der Waals surface area contributed by atoms with Crippen LogP contribution in [0.15, 0.2) is 24.3 Å². The predicted octanol–water partition coefficient (Wildman–Crippen LogP) is 1.92. The molecule has 1 aliphatic rings. The van der Waals surface area contributed by atoms with Crippen LogP contribution in [0, 0.1) is 10.8 Å². The van der Waals surface area contributed by atoms with Gasteiger partial charge in [0.15, 0.2) is 11.5 Å². The van der Waals surface area contributed by atoms with Crippen LogP contribution in [-0.4, -0.2) is 54.9 Å². The van der Waals surface area contributed by atoms with Crippen LogP contribution in [0.25, 0.3) is 6.08 Å². The molecule has 29 heavy (non-hydrogen) atoms. The van der Waals surface area contributed by atoms with Gasteiger partial charge >= 0.3 is 11.9 Å². The Morgan fingerprint density at radius 3 is 2.48 bits per heavy atom. The van der Waals surface area contributed by atoms with E-state index in [-0.39, 0.29) is 6.79 Å². The van der Waals surface area contributed by atoms with Crippen molar-refractivity contribution in [1.82, 2.24) is 0 Å². The SMILES string of the molecule is CC(CO)(COC(=O)CO)C(=O)OC(C=Cc1ccc2c(c1)OCO2)C(C)(C)C. The molecule has 0 aromatic heterocycles. The lowest BCUT2D eigenvalue weighted by Gasteiger charge is -2.32. The zero-order chi connectivity index (χ0) is 21.7. The quantitative estimate of drug-likeness (QED) is 0.628. The molecule has 160 valence electrons. The highest BCUT2D eigenvalue weighted by atomic mass is 16.7. The van der Waals surface area contributed by atoms with Gasteiger partial charge in [-0.15, -0.1) is 0 Å². The van der Waals surface area contributed by atoms with Crippen LogP contribution in [0.4, 0.5) is 0 Å². The maximum Gasteiger partial charge on any atom is 0.331 e. The molecule has 1 aromatic carbocycles. The summed E-state index contributed by atoms with van der Waals surface area (Å²) in [5, 5.41) is 18.4. The first-order valence-corrected chi connectivity index (χ1v) is 9.25. The van der Waals surface area contributed by atoms with E-state index < -0.39 is 48.7 Å². The third-order valence-corrected chi connectivity index (χ3v) is 4.47. The van der Waals surface area contributed by atoms with Crippen LogP contribution in [-0.2, 0) is 19.1 Å². The summed E-state index contributed by atoms with van der Waals surface area (Å²) in [7, 11) is 0. The monoisotopic (exact) mass is 408 g/mol. The lowest BCUT2D eigenvalue weighted by atomic mass is 9.87. The number of fused-ring (bicyclic) bond motifs is 1. The highest BCUT2D eigenvalue weighted by Gasteiger charge is 2.39. The largest absolute Gasteiger partial charge is 0.463 e. The molecule has 0 aliphatic carbocycles. The smallest absolute Gasteiger partial charge is 0.331 e. The number of hydrogen-bond donors (Lipinski definition) is 2. The summed E-state index contributed by atoms with van der Waals surface area (Å²) in [6.07, 6.45) is 2.96.